The van der Waals surface area contributed by atoms with E-state index in [4.69, 9.17) is 15.3 Å². The van der Waals surface area contributed by atoms with Gasteiger partial charge in [0, 0.05) is 0 Å². The van der Waals surface area contributed by atoms with Gasteiger partial charge in [0.15, 0.2) is 11.4 Å². The molecule has 1 saturated heterocycles. The van der Waals surface area contributed by atoms with Crippen LogP contribution in [0.4, 0.5) is 0 Å². The largest absolute Gasteiger partial charge is 0.370 e. The summed E-state index contributed by atoms with van der Waals surface area (Å²) in [7, 11) is 0. The first-order valence-electron chi connectivity index (χ1n) is 7.29. The van der Waals surface area contributed by atoms with Gasteiger partial charge in [0.25, 0.3) is 0 Å². The van der Waals surface area contributed by atoms with E-state index in [9.17, 15) is 0 Å². The predicted octanol–water partition coefficient (Wildman–Crippen LogP) is 2.51. The maximum atomic E-state index is 9.13. The zero-order valence-electron chi connectivity index (χ0n) is 11.5. The van der Waals surface area contributed by atoms with E-state index in [1.807, 2.05) is 6.07 Å². The monoisotopic (exact) mass is 270 g/mol. The number of hydrogen-bond donors (Lipinski definition) is 0. The molecule has 5 heteroatoms. The minimum absolute atomic E-state index is 0.0916. The summed E-state index contributed by atoms with van der Waals surface area (Å²) in [4.78, 5) is 3.98. The fourth-order valence-corrected chi connectivity index (χ4v) is 3.53. The molecule has 0 bridgehead atoms. The fraction of sp³-hybridized carbons (Fsp3) is 0.667. The molecular formula is C15H18N4O. The van der Waals surface area contributed by atoms with Crippen molar-refractivity contribution in [3.63, 3.8) is 0 Å². The molecule has 2 aliphatic rings. The van der Waals surface area contributed by atoms with Crippen LogP contribution in [0.3, 0.4) is 0 Å². The molecule has 5 nitrogen and oxygen atoms in total. The van der Waals surface area contributed by atoms with Crippen molar-refractivity contribution in [3.05, 3.63) is 17.7 Å². The van der Waals surface area contributed by atoms with Crippen molar-refractivity contribution in [2.75, 3.05) is 0 Å². The molecule has 1 atom stereocenters. The molecule has 1 aliphatic carbocycles. The van der Waals surface area contributed by atoms with Crippen LogP contribution in [0, 0.1) is 22.7 Å². The lowest BCUT2D eigenvalue weighted by atomic mass is 9.83. The third-order valence-corrected chi connectivity index (χ3v) is 4.55. The van der Waals surface area contributed by atoms with E-state index < -0.39 is 0 Å². The Labute approximate surface area is 118 Å². The maximum absolute atomic E-state index is 9.13. The maximum Gasteiger partial charge on any atom is 0.176 e. The van der Waals surface area contributed by atoms with E-state index in [-0.39, 0.29) is 17.4 Å². The molecule has 1 aromatic heterocycles. The summed E-state index contributed by atoms with van der Waals surface area (Å²) in [6, 6.07) is 4.02. The van der Waals surface area contributed by atoms with Crippen LogP contribution >= 0.6 is 0 Å². The Bertz CT molecular complexity index is 572. The number of nitrogens with zero attached hydrogens (tertiary/aromatic N) is 4. The van der Waals surface area contributed by atoms with Crippen molar-refractivity contribution >= 4 is 0 Å². The molecule has 3 rings (SSSR count). The van der Waals surface area contributed by atoms with E-state index in [1.165, 1.54) is 32.1 Å². The lowest BCUT2D eigenvalue weighted by Gasteiger charge is -2.33. The molecule has 1 spiro atoms. The molecule has 0 N–H and O–H groups in total. The Morgan fingerprint density at radius 3 is 2.75 bits per heavy atom. The summed E-state index contributed by atoms with van der Waals surface area (Å²) >= 11 is 0. The van der Waals surface area contributed by atoms with E-state index >= 15 is 0 Å². The summed E-state index contributed by atoms with van der Waals surface area (Å²) in [5, 5.41) is 18.0. The summed E-state index contributed by atoms with van der Waals surface area (Å²) in [6.07, 6.45) is 10.1. The number of aromatic nitrogens is 2. The van der Waals surface area contributed by atoms with Crippen molar-refractivity contribution in [2.24, 2.45) is 0 Å². The molecular weight excluding hydrogens is 252 g/mol. The van der Waals surface area contributed by atoms with Gasteiger partial charge in [-0.1, -0.05) is 19.3 Å². The Morgan fingerprint density at radius 2 is 2.05 bits per heavy atom. The van der Waals surface area contributed by atoms with Crippen LogP contribution in [0.5, 0.6) is 0 Å². The van der Waals surface area contributed by atoms with E-state index in [0.29, 0.717) is 12.2 Å². The van der Waals surface area contributed by atoms with Gasteiger partial charge in [-0.05, 0) is 25.7 Å². The van der Waals surface area contributed by atoms with Crippen LogP contribution in [0.15, 0.2) is 6.33 Å². The standard InChI is InChI=1S/C15H18N4O/c16-8-13-14(9-17)19(11-18-13)10-12-4-7-15(20-12)5-2-1-3-6-15/h11-12H,1-7,10H2. The highest BCUT2D eigenvalue weighted by Crippen LogP contribution is 2.42. The third kappa shape index (κ3) is 2.30. The molecule has 104 valence electrons. The van der Waals surface area contributed by atoms with Crippen molar-refractivity contribution in [2.45, 2.75) is 63.2 Å². The van der Waals surface area contributed by atoms with Crippen LogP contribution in [-0.4, -0.2) is 21.3 Å². The van der Waals surface area contributed by atoms with E-state index in [0.717, 1.165) is 12.8 Å². The highest BCUT2D eigenvalue weighted by molar-refractivity contribution is 5.36. The van der Waals surface area contributed by atoms with Crippen LogP contribution < -0.4 is 0 Å². The molecule has 1 aromatic rings. The van der Waals surface area contributed by atoms with Gasteiger partial charge in [0.1, 0.15) is 12.1 Å². The average Bonchev–Trinajstić information content (AvgIpc) is 3.04. The fourth-order valence-electron chi connectivity index (χ4n) is 3.53. The Kier molecular flexibility index (Phi) is 3.46. The van der Waals surface area contributed by atoms with Gasteiger partial charge in [-0.25, -0.2) is 4.98 Å². The van der Waals surface area contributed by atoms with Gasteiger partial charge in [-0.15, -0.1) is 0 Å². The molecule has 2 heterocycles. The van der Waals surface area contributed by atoms with Crippen molar-refractivity contribution < 1.29 is 4.74 Å². The first-order chi connectivity index (χ1) is 9.76. The Balaban J connectivity index is 1.69. The van der Waals surface area contributed by atoms with Gasteiger partial charge in [0.2, 0.25) is 0 Å². The lowest BCUT2D eigenvalue weighted by molar-refractivity contribution is -0.0680. The molecule has 0 radical (unpaired) electrons. The summed E-state index contributed by atoms with van der Waals surface area (Å²) in [5.74, 6) is 0. The molecule has 0 amide bonds. The normalized spacial score (nSPS) is 24.4. The summed E-state index contributed by atoms with van der Waals surface area (Å²) in [5.41, 5.74) is 0.646. The molecule has 0 aromatic carbocycles. The second kappa shape index (κ2) is 5.26. The summed E-state index contributed by atoms with van der Waals surface area (Å²) < 4.78 is 8.05. The number of imidazole rings is 1. The molecule has 2 fully saturated rings. The second-order valence-electron chi connectivity index (χ2n) is 5.84. The smallest absolute Gasteiger partial charge is 0.176 e. The van der Waals surface area contributed by atoms with E-state index in [2.05, 4.69) is 11.1 Å². The van der Waals surface area contributed by atoms with Gasteiger partial charge in [-0.2, -0.15) is 10.5 Å². The van der Waals surface area contributed by atoms with Crippen molar-refractivity contribution in [1.29, 1.82) is 10.5 Å². The van der Waals surface area contributed by atoms with Gasteiger partial charge < -0.3 is 9.30 Å². The highest BCUT2D eigenvalue weighted by atomic mass is 16.5. The van der Waals surface area contributed by atoms with Gasteiger partial charge in [-0.3, -0.25) is 0 Å². The first kappa shape index (κ1) is 13.1. The zero-order chi connectivity index (χ0) is 14.0. The number of hydrogen-bond acceptors (Lipinski definition) is 4. The molecule has 1 aliphatic heterocycles. The molecule has 20 heavy (non-hydrogen) atoms. The second-order valence-corrected chi connectivity index (χ2v) is 5.84. The van der Waals surface area contributed by atoms with Crippen LogP contribution in [-0.2, 0) is 11.3 Å². The minimum atomic E-state index is 0.0916. The van der Waals surface area contributed by atoms with Crippen molar-refractivity contribution in [1.82, 2.24) is 9.55 Å². The van der Waals surface area contributed by atoms with Gasteiger partial charge in [0.05, 0.1) is 24.6 Å². The highest BCUT2D eigenvalue weighted by Gasteiger charge is 2.40. The quantitative estimate of drug-likeness (QED) is 0.827. The Morgan fingerprint density at radius 1 is 1.25 bits per heavy atom. The molecule has 1 unspecified atom stereocenters. The van der Waals surface area contributed by atoms with Crippen molar-refractivity contribution in [3.8, 4) is 12.1 Å². The van der Waals surface area contributed by atoms with E-state index in [1.54, 1.807) is 10.9 Å². The zero-order valence-corrected chi connectivity index (χ0v) is 11.5. The Hall–Kier alpha value is -1.85. The van der Waals surface area contributed by atoms with Crippen LogP contribution in [0.2, 0.25) is 0 Å². The third-order valence-electron chi connectivity index (χ3n) is 4.55. The number of rotatable bonds is 2. The first-order valence-corrected chi connectivity index (χ1v) is 7.29. The molecule has 1 saturated carbocycles. The predicted molar refractivity (Wildman–Crippen MR) is 71.6 cm³/mol. The topological polar surface area (TPSA) is 74.6 Å². The van der Waals surface area contributed by atoms with Gasteiger partial charge >= 0.3 is 0 Å². The summed E-state index contributed by atoms with van der Waals surface area (Å²) in [6.45, 7) is 0.624. The van der Waals surface area contributed by atoms with Crippen LogP contribution in [0.25, 0.3) is 0 Å². The average molecular weight is 270 g/mol. The minimum Gasteiger partial charge on any atom is -0.370 e. The lowest BCUT2D eigenvalue weighted by Crippen LogP contribution is -2.32. The number of ether oxygens (including phenoxy) is 1. The number of nitriles is 2. The SMILES string of the molecule is N#Cc1ncn(CC2CCC3(CCCCC3)O2)c1C#N. The van der Waals surface area contributed by atoms with Crippen LogP contribution in [0.1, 0.15) is 56.3 Å².